The molecule has 78 valence electrons. The van der Waals surface area contributed by atoms with Gasteiger partial charge in [-0.2, -0.15) is 0 Å². The third-order valence-corrected chi connectivity index (χ3v) is 2.18. The van der Waals surface area contributed by atoms with Gasteiger partial charge in [0.05, 0.1) is 17.8 Å². The van der Waals surface area contributed by atoms with Crippen LogP contribution in [0, 0.1) is 0 Å². The Morgan fingerprint density at radius 3 is 2.00 bits per heavy atom. The Hall–Kier alpha value is -0.120. The van der Waals surface area contributed by atoms with Crippen LogP contribution in [-0.4, -0.2) is 47.4 Å². The minimum atomic E-state index is -0.100. The number of hydrogen-bond acceptors (Lipinski definition) is 3. The molecule has 1 saturated heterocycles. The maximum atomic E-state index is 8.88. The Morgan fingerprint density at radius 2 is 1.62 bits per heavy atom. The molecule has 0 aromatic rings. The van der Waals surface area contributed by atoms with Crippen LogP contribution in [0.5, 0.6) is 0 Å². The van der Waals surface area contributed by atoms with Crippen molar-refractivity contribution in [1.82, 2.24) is 4.90 Å². The van der Waals surface area contributed by atoms with Gasteiger partial charge in [0.15, 0.2) is 0 Å². The number of aliphatic hydroxyl groups is 1. The van der Waals surface area contributed by atoms with Crippen molar-refractivity contribution in [2.75, 3.05) is 26.2 Å². The maximum absolute atomic E-state index is 8.88. The second kappa shape index (κ2) is 3.56. The highest BCUT2D eigenvalue weighted by atomic mass is 16.5. The van der Waals surface area contributed by atoms with E-state index in [1.807, 2.05) is 0 Å². The molecule has 0 radical (unpaired) electrons. The van der Waals surface area contributed by atoms with Crippen molar-refractivity contribution in [2.45, 2.75) is 38.9 Å². The quantitative estimate of drug-likeness (QED) is 0.696. The van der Waals surface area contributed by atoms with Crippen LogP contribution in [-0.2, 0) is 4.74 Å². The highest BCUT2D eigenvalue weighted by Crippen LogP contribution is 2.27. The zero-order valence-electron chi connectivity index (χ0n) is 9.13. The van der Waals surface area contributed by atoms with Crippen molar-refractivity contribution in [2.24, 2.45) is 0 Å². The lowest BCUT2D eigenvalue weighted by atomic mass is 9.99. The molecule has 0 aromatic heterocycles. The van der Waals surface area contributed by atoms with E-state index in [0.29, 0.717) is 0 Å². The van der Waals surface area contributed by atoms with Crippen LogP contribution in [0.25, 0.3) is 0 Å². The highest BCUT2D eigenvalue weighted by Gasteiger charge is 2.37. The first-order valence-corrected chi connectivity index (χ1v) is 4.88. The number of nitrogens with zero attached hydrogens (tertiary/aromatic N) is 1. The predicted octanol–water partition coefficient (Wildman–Crippen LogP) is 0.868. The second-order valence-corrected chi connectivity index (χ2v) is 5.06. The van der Waals surface area contributed by atoms with Crippen molar-refractivity contribution >= 4 is 0 Å². The van der Waals surface area contributed by atoms with Gasteiger partial charge in [-0.05, 0) is 27.7 Å². The number of morpholine rings is 1. The average Bonchev–Trinajstić information content (AvgIpc) is 1.78. The zero-order chi connectivity index (χ0) is 10.1. The molecule has 1 fully saturated rings. The van der Waals surface area contributed by atoms with Crippen LogP contribution < -0.4 is 0 Å². The molecule has 0 aliphatic carbocycles. The van der Waals surface area contributed by atoms with Crippen LogP contribution in [0.1, 0.15) is 27.7 Å². The van der Waals surface area contributed by atoms with Gasteiger partial charge in [-0.15, -0.1) is 0 Å². The van der Waals surface area contributed by atoms with Crippen LogP contribution in [0.2, 0.25) is 0 Å². The molecule has 0 bridgehead atoms. The second-order valence-electron chi connectivity index (χ2n) is 5.06. The molecule has 0 unspecified atom stereocenters. The summed E-state index contributed by atoms with van der Waals surface area (Å²) in [5, 5.41) is 8.88. The first kappa shape index (κ1) is 11.0. The Balaban J connectivity index is 2.61. The fourth-order valence-corrected chi connectivity index (χ4v) is 2.24. The normalized spacial score (nSPS) is 27.5. The van der Waals surface area contributed by atoms with Crippen LogP contribution in [0.3, 0.4) is 0 Å². The fourth-order valence-electron chi connectivity index (χ4n) is 2.24. The van der Waals surface area contributed by atoms with Crippen LogP contribution in [0.4, 0.5) is 0 Å². The van der Waals surface area contributed by atoms with Crippen molar-refractivity contribution in [3.63, 3.8) is 0 Å². The van der Waals surface area contributed by atoms with Gasteiger partial charge in [-0.25, -0.2) is 0 Å². The topological polar surface area (TPSA) is 32.7 Å². The van der Waals surface area contributed by atoms with E-state index in [0.717, 1.165) is 19.6 Å². The number of aliphatic hydroxyl groups excluding tert-OH is 1. The molecule has 3 nitrogen and oxygen atoms in total. The van der Waals surface area contributed by atoms with Crippen molar-refractivity contribution in [1.29, 1.82) is 0 Å². The van der Waals surface area contributed by atoms with Crippen LogP contribution in [0.15, 0.2) is 0 Å². The van der Waals surface area contributed by atoms with E-state index in [1.54, 1.807) is 0 Å². The third-order valence-electron chi connectivity index (χ3n) is 2.18. The molecule has 0 saturated carbocycles. The molecular formula is C10H21NO2. The molecule has 1 aliphatic heterocycles. The first-order chi connectivity index (χ1) is 5.85. The van der Waals surface area contributed by atoms with E-state index < -0.39 is 0 Å². The minimum absolute atomic E-state index is 0.100. The standard InChI is InChI=1S/C10H21NO2/c1-9(2)7-11(5-6-12)8-10(3,4)13-9/h12H,5-8H2,1-4H3. The molecule has 0 atom stereocenters. The summed E-state index contributed by atoms with van der Waals surface area (Å²) in [7, 11) is 0. The molecule has 1 N–H and O–H groups in total. The van der Waals surface area contributed by atoms with E-state index in [2.05, 4.69) is 32.6 Å². The molecule has 0 spiro atoms. The number of hydrogen-bond donors (Lipinski definition) is 1. The zero-order valence-corrected chi connectivity index (χ0v) is 9.13. The number of ether oxygens (including phenoxy) is 1. The summed E-state index contributed by atoms with van der Waals surface area (Å²) in [5.41, 5.74) is -0.201. The van der Waals surface area contributed by atoms with Gasteiger partial charge in [0.25, 0.3) is 0 Å². The maximum Gasteiger partial charge on any atom is 0.0760 e. The molecular weight excluding hydrogens is 166 g/mol. The average molecular weight is 187 g/mol. The summed E-state index contributed by atoms with van der Waals surface area (Å²) >= 11 is 0. The van der Waals surface area contributed by atoms with Crippen molar-refractivity contribution in [3.05, 3.63) is 0 Å². The monoisotopic (exact) mass is 187 g/mol. The smallest absolute Gasteiger partial charge is 0.0760 e. The van der Waals surface area contributed by atoms with Gasteiger partial charge in [0.1, 0.15) is 0 Å². The van der Waals surface area contributed by atoms with E-state index in [4.69, 9.17) is 9.84 Å². The Bertz CT molecular complexity index is 162. The number of rotatable bonds is 2. The molecule has 0 amide bonds. The van der Waals surface area contributed by atoms with Gasteiger partial charge >= 0.3 is 0 Å². The Labute approximate surface area is 80.7 Å². The lowest BCUT2D eigenvalue weighted by Gasteiger charge is -2.47. The lowest BCUT2D eigenvalue weighted by Crippen LogP contribution is -2.57. The lowest BCUT2D eigenvalue weighted by molar-refractivity contribution is -0.181. The van der Waals surface area contributed by atoms with Gasteiger partial charge in [-0.1, -0.05) is 0 Å². The first-order valence-electron chi connectivity index (χ1n) is 4.88. The predicted molar refractivity (Wildman–Crippen MR) is 52.8 cm³/mol. The van der Waals surface area contributed by atoms with E-state index in [9.17, 15) is 0 Å². The van der Waals surface area contributed by atoms with Crippen molar-refractivity contribution in [3.8, 4) is 0 Å². The summed E-state index contributed by atoms with van der Waals surface area (Å²) in [6.07, 6.45) is 0. The van der Waals surface area contributed by atoms with E-state index in [-0.39, 0.29) is 17.8 Å². The third kappa shape index (κ3) is 3.25. The molecule has 1 heterocycles. The summed E-state index contributed by atoms with van der Waals surface area (Å²) in [6, 6.07) is 0. The molecule has 1 rings (SSSR count). The minimum Gasteiger partial charge on any atom is -0.395 e. The van der Waals surface area contributed by atoms with Gasteiger partial charge in [0, 0.05) is 19.6 Å². The van der Waals surface area contributed by atoms with Crippen molar-refractivity contribution < 1.29 is 9.84 Å². The Kier molecular flexibility index (Phi) is 3.00. The Morgan fingerprint density at radius 1 is 1.15 bits per heavy atom. The SMILES string of the molecule is CC1(C)CN(CCO)CC(C)(C)O1. The fraction of sp³-hybridized carbons (Fsp3) is 1.00. The van der Waals surface area contributed by atoms with E-state index >= 15 is 0 Å². The number of β-amino-alcohol motifs (C(OH)–C–C–N with tert-alkyl or cyclic N) is 1. The molecule has 3 heteroatoms. The summed E-state index contributed by atoms with van der Waals surface area (Å²) in [5.74, 6) is 0. The summed E-state index contributed by atoms with van der Waals surface area (Å²) in [4.78, 5) is 2.25. The van der Waals surface area contributed by atoms with E-state index in [1.165, 1.54) is 0 Å². The van der Waals surface area contributed by atoms with Crippen LogP contribution >= 0.6 is 0 Å². The largest absolute Gasteiger partial charge is 0.395 e. The highest BCUT2D eigenvalue weighted by molar-refractivity contribution is 4.88. The van der Waals surface area contributed by atoms with Gasteiger partial charge < -0.3 is 9.84 Å². The molecule has 13 heavy (non-hydrogen) atoms. The molecule has 0 aromatic carbocycles. The summed E-state index contributed by atoms with van der Waals surface area (Å²) in [6.45, 7) is 11.2. The van der Waals surface area contributed by atoms with Gasteiger partial charge in [-0.3, -0.25) is 4.90 Å². The molecule has 1 aliphatic rings. The summed E-state index contributed by atoms with van der Waals surface area (Å²) < 4.78 is 5.91. The van der Waals surface area contributed by atoms with Gasteiger partial charge in [0.2, 0.25) is 0 Å².